The Hall–Kier alpha value is -0.0400. The van der Waals surface area contributed by atoms with Crippen LogP contribution in [0.15, 0.2) is 4.99 Å². The first-order valence-electron chi connectivity index (χ1n) is 4.46. The predicted octanol–water partition coefficient (Wildman–Crippen LogP) is 3.27. The highest BCUT2D eigenvalue weighted by Gasteiger charge is 1.84. The molecule has 0 atom stereocenters. The van der Waals surface area contributed by atoms with Gasteiger partial charge in [-0.1, -0.05) is 26.2 Å². The van der Waals surface area contributed by atoms with Gasteiger partial charge in [0.25, 0.3) is 0 Å². The van der Waals surface area contributed by atoms with Crippen molar-refractivity contribution in [2.45, 2.75) is 39.0 Å². The Kier molecular flexibility index (Phi) is 9.92. The van der Waals surface area contributed by atoms with E-state index in [0.29, 0.717) is 5.88 Å². The summed E-state index contributed by atoms with van der Waals surface area (Å²) in [5, 5.41) is 0. The minimum Gasteiger partial charge on any atom is -0.297 e. The van der Waals surface area contributed by atoms with Crippen LogP contribution in [0.2, 0.25) is 0 Å². The van der Waals surface area contributed by atoms with Gasteiger partial charge in [0.1, 0.15) is 0 Å². The number of alkyl halides is 1. The smallest absolute Gasteiger partial charge is 0.0385 e. The molecule has 0 rings (SSSR count). The van der Waals surface area contributed by atoms with Crippen molar-refractivity contribution in [1.82, 2.24) is 0 Å². The van der Waals surface area contributed by atoms with E-state index in [1.54, 1.807) is 0 Å². The standard InChI is InChI=1S/C9H18ClN/c1-2-3-4-5-8-11-9-6-7-10/h9H,2-8H2,1H3. The fraction of sp³-hybridized carbons (Fsp3) is 0.889. The van der Waals surface area contributed by atoms with E-state index in [1.807, 2.05) is 6.21 Å². The van der Waals surface area contributed by atoms with Crippen molar-refractivity contribution in [3.63, 3.8) is 0 Å². The Balaban J connectivity index is 2.89. The summed E-state index contributed by atoms with van der Waals surface area (Å²) < 4.78 is 0. The summed E-state index contributed by atoms with van der Waals surface area (Å²) in [6.45, 7) is 3.20. The Morgan fingerprint density at radius 3 is 2.73 bits per heavy atom. The van der Waals surface area contributed by atoms with Crippen molar-refractivity contribution < 1.29 is 0 Å². The van der Waals surface area contributed by atoms with Gasteiger partial charge in [-0.2, -0.15) is 0 Å². The van der Waals surface area contributed by atoms with Crippen LogP contribution >= 0.6 is 11.6 Å². The molecule has 11 heavy (non-hydrogen) atoms. The number of unbranched alkanes of at least 4 members (excludes halogenated alkanes) is 3. The maximum atomic E-state index is 5.47. The summed E-state index contributed by atoms with van der Waals surface area (Å²) in [5.74, 6) is 0.693. The number of rotatable bonds is 7. The zero-order valence-electron chi connectivity index (χ0n) is 7.35. The average molecular weight is 176 g/mol. The minimum absolute atomic E-state index is 0.693. The highest BCUT2D eigenvalue weighted by Crippen LogP contribution is 1.98. The lowest BCUT2D eigenvalue weighted by atomic mass is 10.2. The zero-order valence-corrected chi connectivity index (χ0v) is 8.11. The lowest BCUT2D eigenvalue weighted by Gasteiger charge is -1.93. The lowest BCUT2D eigenvalue weighted by molar-refractivity contribution is 0.675. The van der Waals surface area contributed by atoms with Crippen molar-refractivity contribution >= 4 is 17.8 Å². The van der Waals surface area contributed by atoms with Gasteiger partial charge in [-0.05, 0) is 19.1 Å². The maximum Gasteiger partial charge on any atom is 0.0385 e. The van der Waals surface area contributed by atoms with Crippen LogP contribution in [0.3, 0.4) is 0 Å². The Labute approximate surface area is 74.9 Å². The first-order chi connectivity index (χ1) is 5.41. The maximum absolute atomic E-state index is 5.47. The van der Waals surface area contributed by atoms with Crippen molar-refractivity contribution in [3.8, 4) is 0 Å². The second-order valence-corrected chi connectivity index (χ2v) is 3.01. The first-order valence-corrected chi connectivity index (χ1v) is 4.99. The van der Waals surface area contributed by atoms with Crippen LogP contribution in [0.4, 0.5) is 0 Å². The van der Waals surface area contributed by atoms with E-state index in [4.69, 9.17) is 11.6 Å². The molecule has 0 aromatic rings. The molecule has 66 valence electrons. The van der Waals surface area contributed by atoms with Crippen molar-refractivity contribution in [3.05, 3.63) is 0 Å². The summed E-state index contributed by atoms with van der Waals surface area (Å²) in [6, 6.07) is 0. The van der Waals surface area contributed by atoms with E-state index < -0.39 is 0 Å². The number of hydrogen-bond donors (Lipinski definition) is 0. The van der Waals surface area contributed by atoms with Gasteiger partial charge in [0.05, 0.1) is 0 Å². The summed E-state index contributed by atoms with van der Waals surface area (Å²) in [7, 11) is 0. The van der Waals surface area contributed by atoms with Crippen molar-refractivity contribution in [1.29, 1.82) is 0 Å². The van der Waals surface area contributed by atoms with Gasteiger partial charge < -0.3 is 0 Å². The number of aliphatic imine (C=N–C) groups is 1. The third kappa shape index (κ3) is 9.96. The fourth-order valence-corrected chi connectivity index (χ4v) is 0.959. The molecule has 0 bridgehead atoms. The molecular formula is C9H18ClN. The Morgan fingerprint density at radius 2 is 2.09 bits per heavy atom. The van der Waals surface area contributed by atoms with Crippen LogP contribution in [0.5, 0.6) is 0 Å². The molecular weight excluding hydrogens is 158 g/mol. The minimum atomic E-state index is 0.693. The zero-order chi connectivity index (χ0) is 8.36. The first kappa shape index (κ1) is 11.0. The second-order valence-electron chi connectivity index (χ2n) is 2.63. The molecule has 1 nitrogen and oxygen atoms in total. The quantitative estimate of drug-likeness (QED) is 0.320. The molecule has 0 N–H and O–H groups in total. The summed E-state index contributed by atoms with van der Waals surface area (Å²) in [4.78, 5) is 4.22. The largest absolute Gasteiger partial charge is 0.297 e. The van der Waals surface area contributed by atoms with Gasteiger partial charge in [-0.3, -0.25) is 4.99 Å². The SMILES string of the molecule is CCCCCCN=CCCCl. The molecule has 0 radical (unpaired) electrons. The third-order valence-corrected chi connectivity index (χ3v) is 1.73. The molecule has 0 amide bonds. The highest BCUT2D eigenvalue weighted by atomic mass is 35.5. The molecule has 0 heterocycles. The van der Waals surface area contributed by atoms with E-state index in [9.17, 15) is 0 Å². The van der Waals surface area contributed by atoms with Gasteiger partial charge in [-0.25, -0.2) is 0 Å². The monoisotopic (exact) mass is 175 g/mol. The van der Waals surface area contributed by atoms with E-state index >= 15 is 0 Å². The van der Waals surface area contributed by atoms with E-state index in [2.05, 4.69) is 11.9 Å². The molecule has 2 heteroatoms. The van der Waals surface area contributed by atoms with Crippen LogP contribution < -0.4 is 0 Å². The molecule has 0 aliphatic carbocycles. The number of halogens is 1. The average Bonchev–Trinajstić information content (AvgIpc) is 2.03. The topological polar surface area (TPSA) is 12.4 Å². The van der Waals surface area contributed by atoms with E-state index in [0.717, 1.165) is 13.0 Å². The second kappa shape index (κ2) is 9.96. The van der Waals surface area contributed by atoms with Crippen LogP contribution in [0.25, 0.3) is 0 Å². The Morgan fingerprint density at radius 1 is 1.27 bits per heavy atom. The fourth-order valence-electron chi connectivity index (χ4n) is 0.861. The van der Waals surface area contributed by atoms with Gasteiger partial charge in [0.2, 0.25) is 0 Å². The van der Waals surface area contributed by atoms with E-state index in [1.165, 1.54) is 25.7 Å². The summed E-state index contributed by atoms with van der Waals surface area (Å²) in [5.41, 5.74) is 0. The van der Waals surface area contributed by atoms with Crippen LogP contribution in [-0.4, -0.2) is 18.6 Å². The lowest BCUT2D eigenvalue weighted by Crippen LogP contribution is -1.83. The van der Waals surface area contributed by atoms with E-state index in [-0.39, 0.29) is 0 Å². The van der Waals surface area contributed by atoms with Crippen LogP contribution in [0.1, 0.15) is 39.0 Å². The highest BCUT2D eigenvalue weighted by molar-refractivity contribution is 6.18. The molecule has 0 aromatic carbocycles. The molecule has 0 aromatic heterocycles. The predicted molar refractivity (Wildman–Crippen MR) is 52.8 cm³/mol. The molecule has 0 aliphatic heterocycles. The Bertz CT molecular complexity index is 91.6. The summed E-state index contributed by atoms with van der Waals surface area (Å²) in [6.07, 6.45) is 8.02. The summed E-state index contributed by atoms with van der Waals surface area (Å²) >= 11 is 5.47. The molecule has 0 unspecified atom stereocenters. The number of hydrogen-bond acceptors (Lipinski definition) is 1. The van der Waals surface area contributed by atoms with Crippen LogP contribution in [-0.2, 0) is 0 Å². The van der Waals surface area contributed by atoms with Crippen LogP contribution in [0, 0.1) is 0 Å². The van der Waals surface area contributed by atoms with Gasteiger partial charge >= 0.3 is 0 Å². The molecule has 0 fully saturated rings. The van der Waals surface area contributed by atoms with Gasteiger partial charge in [-0.15, -0.1) is 11.6 Å². The normalized spacial score (nSPS) is 11.1. The van der Waals surface area contributed by atoms with Gasteiger partial charge in [0, 0.05) is 12.4 Å². The molecule has 0 saturated heterocycles. The molecule has 0 aliphatic rings. The van der Waals surface area contributed by atoms with Gasteiger partial charge in [0.15, 0.2) is 0 Å². The molecule has 0 saturated carbocycles. The third-order valence-electron chi connectivity index (χ3n) is 1.51. The van der Waals surface area contributed by atoms with Crippen molar-refractivity contribution in [2.24, 2.45) is 4.99 Å². The molecule has 0 spiro atoms. The van der Waals surface area contributed by atoms with Crippen molar-refractivity contribution in [2.75, 3.05) is 12.4 Å². The number of nitrogens with zero attached hydrogens (tertiary/aromatic N) is 1.